The van der Waals surface area contributed by atoms with Crippen LogP contribution in [-0.2, 0) is 6.54 Å². The number of nitrogens with zero attached hydrogens (tertiary/aromatic N) is 3. The van der Waals surface area contributed by atoms with Gasteiger partial charge >= 0.3 is 5.97 Å². The van der Waals surface area contributed by atoms with Gasteiger partial charge in [0.2, 0.25) is 0 Å². The minimum absolute atomic E-state index is 0.226. The molecule has 4 aromatic rings. The first-order valence-electron chi connectivity index (χ1n) is 8.09. The van der Waals surface area contributed by atoms with E-state index < -0.39 is 5.97 Å². The number of aromatic carboxylic acids is 1. The summed E-state index contributed by atoms with van der Waals surface area (Å²) in [6, 6.07) is 10.3. The number of thiazole rings is 1. The second kappa shape index (κ2) is 7.00. The van der Waals surface area contributed by atoms with E-state index in [2.05, 4.69) is 15.0 Å². The van der Waals surface area contributed by atoms with Crippen LogP contribution in [0.2, 0.25) is 0 Å². The SMILES string of the molecule is O=C(O)c1cccc(Cn2ccs/c2=N\C(=O)c2c[nH]c3ncccc23)c1. The van der Waals surface area contributed by atoms with Gasteiger partial charge in [-0.3, -0.25) is 4.79 Å². The summed E-state index contributed by atoms with van der Waals surface area (Å²) in [7, 11) is 0. The van der Waals surface area contributed by atoms with Crippen molar-refractivity contribution >= 4 is 34.2 Å². The number of hydrogen-bond donors (Lipinski definition) is 2. The predicted molar refractivity (Wildman–Crippen MR) is 101 cm³/mol. The fraction of sp³-hybridized carbons (Fsp3) is 0.0526. The maximum atomic E-state index is 12.6. The van der Waals surface area contributed by atoms with Gasteiger partial charge in [0.05, 0.1) is 11.1 Å². The Morgan fingerprint density at radius 1 is 1.26 bits per heavy atom. The molecule has 0 saturated heterocycles. The van der Waals surface area contributed by atoms with E-state index in [1.807, 2.05) is 28.3 Å². The number of carbonyl (C=O) groups is 2. The molecule has 0 saturated carbocycles. The van der Waals surface area contributed by atoms with Crippen molar-refractivity contribution < 1.29 is 14.7 Å². The van der Waals surface area contributed by atoms with E-state index in [-0.39, 0.29) is 11.5 Å². The van der Waals surface area contributed by atoms with Gasteiger partial charge < -0.3 is 14.7 Å². The molecule has 1 aromatic carbocycles. The highest BCUT2D eigenvalue weighted by Crippen LogP contribution is 2.16. The van der Waals surface area contributed by atoms with Crippen LogP contribution in [0.1, 0.15) is 26.3 Å². The molecule has 1 amide bonds. The molecule has 0 bridgehead atoms. The van der Waals surface area contributed by atoms with E-state index >= 15 is 0 Å². The summed E-state index contributed by atoms with van der Waals surface area (Å²) >= 11 is 1.34. The quantitative estimate of drug-likeness (QED) is 0.570. The van der Waals surface area contributed by atoms with Crippen LogP contribution in [0, 0.1) is 0 Å². The minimum Gasteiger partial charge on any atom is -0.478 e. The fourth-order valence-corrected chi connectivity index (χ4v) is 3.51. The molecule has 0 fully saturated rings. The zero-order chi connectivity index (χ0) is 18.8. The molecule has 3 aromatic heterocycles. The molecule has 8 heteroatoms. The van der Waals surface area contributed by atoms with Gasteiger partial charge in [-0.1, -0.05) is 12.1 Å². The number of fused-ring (bicyclic) bond motifs is 1. The van der Waals surface area contributed by atoms with Crippen LogP contribution in [0.15, 0.2) is 65.4 Å². The minimum atomic E-state index is -0.972. The highest BCUT2D eigenvalue weighted by Gasteiger charge is 2.12. The van der Waals surface area contributed by atoms with Crippen molar-refractivity contribution in [3.63, 3.8) is 0 Å². The molecule has 4 rings (SSSR count). The lowest BCUT2D eigenvalue weighted by molar-refractivity contribution is 0.0696. The second-order valence-electron chi connectivity index (χ2n) is 5.84. The Labute approximate surface area is 157 Å². The van der Waals surface area contributed by atoms with E-state index in [9.17, 15) is 9.59 Å². The lowest BCUT2D eigenvalue weighted by Gasteiger charge is -2.04. The largest absolute Gasteiger partial charge is 0.478 e. The van der Waals surface area contributed by atoms with Gasteiger partial charge in [-0.05, 0) is 29.8 Å². The molecule has 134 valence electrons. The smallest absolute Gasteiger partial charge is 0.335 e. The molecule has 0 unspecified atom stereocenters. The number of aromatic amines is 1. The Balaban J connectivity index is 1.66. The van der Waals surface area contributed by atoms with E-state index in [4.69, 9.17) is 5.11 Å². The summed E-state index contributed by atoms with van der Waals surface area (Å²) in [6.45, 7) is 0.423. The first kappa shape index (κ1) is 16.9. The van der Waals surface area contributed by atoms with Crippen LogP contribution >= 0.6 is 11.3 Å². The summed E-state index contributed by atoms with van der Waals surface area (Å²) in [5, 5.41) is 11.7. The number of amides is 1. The van der Waals surface area contributed by atoms with E-state index in [1.54, 1.807) is 36.7 Å². The number of carbonyl (C=O) groups excluding carboxylic acids is 1. The third-order valence-corrected chi connectivity index (χ3v) is 4.86. The molecule has 0 aliphatic rings. The summed E-state index contributed by atoms with van der Waals surface area (Å²) in [4.78, 5) is 35.7. The maximum absolute atomic E-state index is 12.6. The Morgan fingerprint density at radius 3 is 3.00 bits per heavy atom. The van der Waals surface area contributed by atoms with Crippen LogP contribution in [0.25, 0.3) is 11.0 Å². The monoisotopic (exact) mass is 378 g/mol. The molecule has 0 aliphatic heterocycles. The van der Waals surface area contributed by atoms with Crippen molar-refractivity contribution in [3.05, 3.63) is 81.9 Å². The van der Waals surface area contributed by atoms with Gasteiger partial charge in [0.25, 0.3) is 5.91 Å². The number of pyridine rings is 1. The fourth-order valence-electron chi connectivity index (χ4n) is 2.79. The predicted octanol–water partition coefficient (Wildman–Crippen LogP) is 2.91. The molecule has 2 N–H and O–H groups in total. The van der Waals surface area contributed by atoms with E-state index in [1.165, 1.54) is 11.3 Å². The van der Waals surface area contributed by atoms with Crippen LogP contribution < -0.4 is 4.80 Å². The first-order chi connectivity index (χ1) is 13.1. The van der Waals surface area contributed by atoms with Crippen LogP contribution in [0.3, 0.4) is 0 Å². The summed E-state index contributed by atoms with van der Waals surface area (Å²) < 4.78 is 1.82. The first-order valence-corrected chi connectivity index (χ1v) is 8.97. The van der Waals surface area contributed by atoms with Crippen molar-refractivity contribution in [1.29, 1.82) is 0 Å². The van der Waals surface area contributed by atoms with E-state index in [0.29, 0.717) is 22.6 Å². The Kier molecular flexibility index (Phi) is 4.39. The van der Waals surface area contributed by atoms with Gasteiger partial charge in [0.15, 0.2) is 4.80 Å². The number of carboxylic acid groups (broad SMARTS) is 1. The number of hydrogen-bond acceptors (Lipinski definition) is 4. The number of benzene rings is 1. The molecular weight excluding hydrogens is 364 g/mol. The lowest BCUT2D eigenvalue weighted by Crippen LogP contribution is -2.17. The Bertz CT molecular complexity index is 1220. The Hall–Kier alpha value is -3.52. The highest BCUT2D eigenvalue weighted by atomic mass is 32.1. The van der Waals surface area contributed by atoms with Gasteiger partial charge in [-0.15, -0.1) is 11.3 Å². The highest BCUT2D eigenvalue weighted by molar-refractivity contribution is 7.07. The van der Waals surface area contributed by atoms with E-state index in [0.717, 1.165) is 10.9 Å². The molecule has 7 nitrogen and oxygen atoms in total. The van der Waals surface area contributed by atoms with Crippen molar-refractivity contribution in [2.75, 3.05) is 0 Å². The molecule has 0 spiro atoms. The third kappa shape index (κ3) is 3.42. The normalized spacial score (nSPS) is 11.8. The van der Waals surface area contributed by atoms with Gasteiger partial charge in [0.1, 0.15) is 5.65 Å². The molecule has 0 atom stereocenters. The van der Waals surface area contributed by atoms with Crippen molar-refractivity contribution in [2.24, 2.45) is 4.99 Å². The van der Waals surface area contributed by atoms with Crippen LogP contribution in [-0.4, -0.2) is 31.5 Å². The average Bonchev–Trinajstić information content (AvgIpc) is 3.29. The summed E-state index contributed by atoms with van der Waals surface area (Å²) in [5.74, 6) is -1.33. The lowest BCUT2D eigenvalue weighted by atomic mass is 10.1. The third-order valence-electron chi connectivity index (χ3n) is 4.07. The zero-order valence-corrected chi connectivity index (χ0v) is 14.8. The second-order valence-corrected chi connectivity index (χ2v) is 6.71. The zero-order valence-electron chi connectivity index (χ0n) is 14.0. The number of rotatable bonds is 4. The summed E-state index contributed by atoms with van der Waals surface area (Å²) in [6.07, 6.45) is 5.08. The van der Waals surface area contributed by atoms with Crippen LogP contribution in [0.4, 0.5) is 0 Å². The molecule has 0 radical (unpaired) electrons. The molecule has 3 heterocycles. The van der Waals surface area contributed by atoms with Crippen molar-refractivity contribution in [1.82, 2.24) is 14.5 Å². The number of nitrogens with one attached hydrogen (secondary N) is 1. The van der Waals surface area contributed by atoms with Crippen molar-refractivity contribution in [2.45, 2.75) is 6.54 Å². The van der Waals surface area contributed by atoms with Crippen molar-refractivity contribution in [3.8, 4) is 0 Å². The molecule has 27 heavy (non-hydrogen) atoms. The molecular formula is C19H14N4O3S. The van der Waals surface area contributed by atoms with Gasteiger partial charge in [0, 0.05) is 35.9 Å². The molecule has 0 aliphatic carbocycles. The number of aromatic nitrogens is 3. The summed E-state index contributed by atoms with van der Waals surface area (Å²) in [5.41, 5.74) is 2.15. The average molecular weight is 378 g/mol. The topological polar surface area (TPSA) is 100 Å². The van der Waals surface area contributed by atoms with Crippen LogP contribution in [0.5, 0.6) is 0 Å². The Morgan fingerprint density at radius 2 is 2.15 bits per heavy atom. The maximum Gasteiger partial charge on any atom is 0.335 e. The number of H-pyrrole nitrogens is 1. The standard InChI is InChI=1S/C19H14N4O3S/c24-17(15-10-21-16-14(15)5-2-6-20-16)22-19-23(7-8-27-19)11-12-3-1-4-13(9-12)18(25)26/h1-10H,11H2,(H,20,21)(H,25,26)/b22-19-. The van der Waals surface area contributed by atoms with Gasteiger partial charge in [-0.25, -0.2) is 9.78 Å². The van der Waals surface area contributed by atoms with Gasteiger partial charge in [-0.2, -0.15) is 4.99 Å². The number of carboxylic acids is 1.